The van der Waals surface area contributed by atoms with Gasteiger partial charge in [-0.1, -0.05) is 12.1 Å². The van der Waals surface area contributed by atoms with E-state index < -0.39 is 10.2 Å². The first-order valence-electron chi connectivity index (χ1n) is 4.92. The number of rotatable bonds is 1. The largest absolute Gasteiger partial charge is 0.212 e. The van der Waals surface area contributed by atoms with E-state index in [4.69, 9.17) is 18.6 Å². The van der Waals surface area contributed by atoms with Crippen LogP contribution in [-0.4, -0.2) is 4.66 Å². The van der Waals surface area contributed by atoms with Crippen LogP contribution in [0.25, 0.3) is 10.9 Å². The molecule has 0 saturated carbocycles. The molecule has 0 aliphatic rings. The molecule has 0 amide bonds. The molecule has 5 nitrogen and oxygen atoms in total. The number of hydrogen-bond acceptors (Lipinski definition) is 4. The number of pyridine rings is 1. The van der Waals surface area contributed by atoms with Crippen molar-refractivity contribution in [3.8, 4) is 0 Å². The molecule has 0 atom stereocenters. The van der Waals surface area contributed by atoms with Crippen molar-refractivity contribution in [2.75, 3.05) is 0 Å². The van der Waals surface area contributed by atoms with E-state index in [1.54, 1.807) is 0 Å². The van der Waals surface area contributed by atoms with Gasteiger partial charge in [-0.25, -0.2) is 0 Å². The first kappa shape index (κ1) is 13.8. The molecule has 2 aromatic rings. The van der Waals surface area contributed by atoms with Gasteiger partial charge in [0.25, 0.3) is 0 Å². The van der Waals surface area contributed by atoms with Crippen molar-refractivity contribution in [1.29, 1.82) is 0 Å². The predicted octanol–water partition coefficient (Wildman–Crippen LogP) is -1.98. The third-order valence-corrected chi connectivity index (χ3v) is 2.13. The molecular weight excluding hydrogens is 246 g/mol. The number of halogens is 1. The summed E-state index contributed by atoms with van der Waals surface area (Å²) in [5.41, 5.74) is 1.31. The van der Waals surface area contributed by atoms with Crippen molar-refractivity contribution in [2.24, 2.45) is 0 Å². The zero-order valence-corrected chi connectivity index (χ0v) is 10.0. The number of hydrogen-bond donors (Lipinski definition) is 1. The number of nitrogens with zero attached hydrogens (tertiary/aromatic N) is 1. The fourth-order valence-electron chi connectivity index (χ4n) is 1.50. The standard InChI is InChI=1S/C11H12N.ClHO4/c1-2-12-9-5-7-10-6-3-4-8-11(10)12;2-1(3,4)5/h3-9H,2H2,1H3;(H,2,3,4,5)/q+1;. The number of aromatic nitrogens is 1. The number of aryl methyl sites for hydroxylation is 1. The highest BCUT2D eigenvalue weighted by molar-refractivity contribution is 5.74. The number of fused-ring (bicyclic) bond motifs is 1. The summed E-state index contributed by atoms with van der Waals surface area (Å²) < 4.78 is 35.0. The van der Waals surface area contributed by atoms with Crippen LogP contribution in [0.2, 0.25) is 0 Å². The molecule has 17 heavy (non-hydrogen) atoms. The highest BCUT2D eigenvalue weighted by Crippen LogP contribution is 2.07. The van der Waals surface area contributed by atoms with Crippen LogP contribution < -0.4 is 18.5 Å². The topological polar surface area (TPSA) is 93.3 Å². The van der Waals surface area contributed by atoms with Crippen LogP contribution in [0.1, 0.15) is 6.92 Å². The molecule has 0 radical (unpaired) electrons. The van der Waals surface area contributed by atoms with E-state index in [9.17, 15) is 0 Å². The van der Waals surface area contributed by atoms with Crippen LogP contribution >= 0.6 is 0 Å². The first-order chi connectivity index (χ1) is 7.92. The summed E-state index contributed by atoms with van der Waals surface area (Å²) in [6.07, 6.45) is 2.11. The second-order valence-corrected chi connectivity index (χ2v) is 4.04. The Morgan fingerprint density at radius 2 is 1.65 bits per heavy atom. The van der Waals surface area contributed by atoms with E-state index >= 15 is 0 Å². The Bertz CT molecular complexity index is 473. The van der Waals surface area contributed by atoms with Gasteiger partial charge < -0.3 is 0 Å². The molecule has 0 spiro atoms. The van der Waals surface area contributed by atoms with Crippen molar-refractivity contribution in [2.45, 2.75) is 13.5 Å². The quantitative estimate of drug-likeness (QED) is 0.600. The average molecular weight is 259 g/mol. The van der Waals surface area contributed by atoms with Crippen molar-refractivity contribution in [1.82, 2.24) is 0 Å². The van der Waals surface area contributed by atoms with Gasteiger partial charge in [-0.2, -0.15) is 18.5 Å². The summed E-state index contributed by atoms with van der Waals surface area (Å²) in [6.45, 7) is 3.19. The van der Waals surface area contributed by atoms with Crippen LogP contribution in [0.15, 0.2) is 42.6 Å². The Kier molecular flexibility index (Phi) is 4.80. The Morgan fingerprint density at radius 3 is 2.24 bits per heavy atom. The zero-order chi connectivity index (χ0) is 12.9. The maximum atomic E-state index is 8.60. The Balaban J connectivity index is 0.000000249. The third-order valence-electron chi connectivity index (χ3n) is 2.13. The minimum atomic E-state index is -4.69. The highest BCUT2D eigenvalue weighted by Gasteiger charge is 2.02. The van der Waals surface area contributed by atoms with Crippen molar-refractivity contribution in [3.63, 3.8) is 0 Å². The van der Waals surface area contributed by atoms with Crippen LogP contribution in [0.5, 0.6) is 0 Å². The third kappa shape index (κ3) is 5.08. The second kappa shape index (κ2) is 5.90. The van der Waals surface area contributed by atoms with Gasteiger partial charge in [0.1, 0.15) is 6.54 Å². The summed E-state index contributed by atoms with van der Waals surface area (Å²) in [4.78, 5) is 0. The van der Waals surface area contributed by atoms with Crippen molar-refractivity contribution in [3.05, 3.63) is 42.6 Å². The average Bonchev–Trinajstić information content (AvgIpc) is 2.26. The number of benzene rings is 1. The molecule has 92 valence electrons. The maximum absolute atomic E-state index is 8.60. The highest BCUT2D eigenvalue weighted by atomic mass is 35.7. The van der Waals surface area contributed by atoms with E-state index in [2.05, 4.69) is 54.1 Å². The minimum absolute atomic E-state index is 1.03. The van der Waals surface area contributed by atoms with Gasteiger partial charge >= 0.3 is 0 Å². The lowest BCUT2D eigenvalue weighted by Gasteiger charge is -2.03. The van der Waals surface area contributed by atoms with Crippen molar-refractivity contribution >= 4 is 10.9 Å². The molecule has 0 saturated heterocycles. The maximum Gasteiger partial charge on any atom is 0.212 e. The SMILES string of the molecule is CC[n+]1cccc2ccccc21.[O-][Cl+3]([O-])([O-])O. The van der Waals surface area contributed by atoms with E-state index in [0.29, 0.717) is 0 Å². The zero-order valence-electron chi connectivity index (χ0n) is 9.25. The Hall–Kier alpha value is -1.24. The molecule has 0 fully saturated rings. The van der Waals surface area contributed by atoms with Gasteiger partial charge in [-0.15, -0.1) is 0 Å². The molecule has 0 bridgehead atoms. The Morgan fingerprint density at radius 1 is 1.12 bits per heavy atom. The molecule has 1 aromatic carbocycles. The van der Waals surface area contributed by atoms with Crippen LogP contribution in [0.4, 0.5) is 0 Å². The molecule has 2 rings (SSSR count). The molecule has 1 aromatic heterocycles. The lowest BCUT2D eigenvalue weighted by atomic mass is 10.2. The predicted molar refractivity (Wildman–Crippen MR) is 52.0 cm³/mol. The molecule has 0 aliphatic heterocycles. The lowest BCUT2D eigenvalue weighted by Crippen LogP contribution is -2.58. The summed E-state index contributed by atoms with van der Waals surface area (Å²) in [5, 5.41) is 1.31. The van der Waals surface area contributed by atoms with Crippen LogP contribution in [-0.2, 0) is 6.54 Å². The van der Waals surface area contributed by atoms with Gasteiger partial charge in [0.2, 0.25) is 5.52 Å². The molecule has 0 unspecified atom stereocenters. The molecule has 1 heterocycles. The van der Waals surface area contributed by atoms with Gasteiger partial charge in [0.05, 0.1) is 14.9 Å². The van der Waals surface area contributed by atoms with E-state index in [0.717, 1.165) is 6.54 Å². The second-order valence-electron chi connectivity index (χ2n) is 3.25. The van der Waals surface area contributed by atoms with Crippen LogP contribution in [0, 0.1) is 10.2 Å². The molecule has 6 heteroatoms. The minimum Gasteiger partial charge on any atom is -0.199 e. The normalized spacial score (nSPS) is 10.9. The van der Waals surface area contributed by atoms with Gasteiger partial charge in [-0.3, -0.25) is 0 Å². The number of para-hydroxylation sites is 1. The summed E-state index contributed by atoms with van der Waals surface area (Å²) in [6, 6.07) is 12.7. The molecular formula is C11H13ClNO4+. The molecule has 1 N–H and O–H groups in total. The fraction of sp³-hybridized carbons (Fsp3) is 0.182. The van der Waals surface area contributed by atoms with Gasteiger partial charge in [0, 0.05) is 17.5 Å². The van der Waals surface area contributed by atoms with E-state index in [-0.39, 0.29) is 0 Å². The van der Waals surface area contributed by atoms with E-state index in [1.165, 1.54) is 10.9 Å². The van der Waals surface area contributed by atoms with Crippen LogP contribution in [0.3, 0.4) is 0 Å². The van der Waals surface area contributed by atoms with Gasteiger partial charge in [0.15, 0.2) is 6.20 Å². The molecule has 0 aliphatic carbocycles. The summed E-state index contributed by atoms with van der Waals surface area (Å²) in [7, 11) is -4.69. The van der Waals surface area contributed by atoms with Gasteiger partial charge in [-0.05, 0) is 19.1 Å². The van der Waals surface area contributed by atoms with E-state index in [1.807, 2.05) is 0 Å². The van der Waals surface area contributed by atoms with Crippen molar-refractivity contribution < 1.29 is 33.4 Å². The lowest BCUT2D eigenvalue weighted by molar-refractivity contribution is -1.92. The Labute approximate surface area is 101 Å². The first-order valence-corrected chi connectivity index (χ1v) is 6.18. The fourth-order valence-corrected chi connectivity index (χ4v) is 1.50. The monoisotopic (exact) mass is 258 g/mol. The summed E-state index contributed by atoms with van der Waals surface area (Å²) >= 11 is 0. The summed E-state index contributed by atoms with van der Waals surface area (Å²) in [5.74, 6) is 0. The smallest absolute Gasteiger partial charge is 0.199 e.